The lowest BCUT2D eigenvalue weighted by Gasteiger charge is -2.11. The van der Waals surface area contributed by atoms with E-state index >= 15 is 0 Å². The highest BCUT2D eigenvalue weighted by atomic mass is 19.1. The third-order valence-electron chi connectivity index (χ3n) is 4.14. The van der Waals surface area contributed by atoms with E-state index in [1.54, 1.807) is 19.1 Å². The van der Waals surface area contributed by atoms with E-state index in [1.165, 1.54) is 18.3 Å². The summed E-state index contributed by atoms with van der Waals surface area (Å²) in [5.74, 6) is -1.82. The van der Waals surface area contributed by atoms with Crippen molar-refractivity contribution < 1.29 is 23.8 Å². The van der Waals surface area contributed by atoms with Crippen molar-refractivity contribution in [3.63, 3.8) is 0 Å². The van der Waals surface area contributed by atoms with Crippen LogP contribution in [0, 0.1) is 12.7 Å². The van der Waals surface area contributed by atoms with Gasteiger partial charge in [-0.2, -0.15) is 0 Å². The molecule has 142 valence electrons. The van der Waals surface area contributed by atoms with Crippen LogP contribution in [-0.2, 0) is 11.3 Å². The highest BCUT2D eigenvalue weighted by molar-refractivity contribution is 5.90. The number of anilines is 1. The third kappa shape index (κ3) is 4.32. The molecule has 0 saturated heterocycles. The van der Waals surface area contributed by atoms with E-state index in [0.29, 0.717) is 16.7 Å². The van der Waals surface area contributed by atoms with Crippen LogP contribution >= 0.6 is 0 Å². The first-order valence-corrected chi connectivity index (χ1v) is 8.42. The number of rotatable bonds is 5. The molecule has 2 aromatic carbocycles. The zero-order valence-electron chi connectivity index (χ0n) is 15.0. The van der Waals surface area contributed by atoms with Crippen LogP contribution in [-0.4, -0.2) is 22.2 Å². The van der Waals surface area contributed by atoms with Gasteiger partial charge in [0.25, 0.3) is 0 Å². The molecule has 0 radical (unpaired) electrons. The van der Waals surface area contributed by atoms with Crippen LogP contribution in [0.5, 0.6) is 0 Å². The standard InChI is InChI=1S/C21H17FN2O4/c1-13-16(9-10-23-19(13)20(25)26)15-7-8-18(17(22)11-15)24-21(27)28-12-14-5-3-2-4-6-14/h2-11H,12H2,1H3,(H,24,27)(H,25,26). The van der Waals surface area contributed by atoms with E-state index in [1.807, 2.05) is 30.3 Å². The first kappa shape index (κ1) is 19.0. The summed E-state index contributed by atoms with van der Waals surface area (Å²) < 4.78 is 19.5. The Morgan fingerprint density at radius 2 is 1.89 bits per heavy atom. The van der Waals surface area contributed by atoms with E-state index in [9.17, 15) is 14.0 Å². The van der Waals surface area contributed by atoms with E-state index in [4.69, 9.17) is 9.84 Å². The average molecular weight is 380 g/mol. The largest absolute Gasteiger partial charge is 0.477 e. The molecule has 0 fully saturated rings. The first-order valence-electron chi connectivity index (χ1n) is 8.42. The number of carbonyl (C=O) groups excluding carboxylic acids is 1. The lowest BCUT2D eigenvalue weighted by atomic mass is 9.99. The van der Waals surface area contributed by atoms with Gasteiger partial charge >= 0.3 is 12.1 Å². The highest BCUT2D eigenvalue weighted by Gasteiger charge is 2.15. The van der Waals surface area contributed by atoms with Crippen molar-refractivity contribution in [2.45, 2.75) is 13.5 Å². The maximum Gasteiger partial charge on any atom is 0.412 e. The van der Waals surface area contributed by atoms with Gasteiger partial charge in [0.2, 0.25) is 0 Å². The molecule has 3 aromatic rings. The first-order chi connectivity index (χ1) is 13.5. The summed E-state index contributed by atoms with van der Waals surface area (Å²) in [4.78, 5) is 26.9. The minimum atomic E-state index is -1.15. The fourth-order valence-electron chi connectivity index (χ4n) is 2.72. The molecule has 0 unspecified atom stereocenters. The van der Waals surface area contributed by atoms with E-state index in [2.05, 4.69) is 10.3 Å². The van der Waals surface area contributed by atoms with Crippen LogP contribution in [0.25, 0.3) is 11.1 Å². The minimum absolute atomic E-state index is 0.0352. The summed E-state index contributed by atoms with van der Waals surface area (Å²) >= 11 is 0. The summed E-state index contributed by atoms with van der Waals surface area (Å²) in [5.41, 5.74) is 2.14. The number of carbonyl (C=O) groups is 2. The van der Waals surface area contributed by atoms with Crippen molar-refractivity contribution in [2.24, 2.45) is 0 Å². The fourth-order valence-corrected chi connectivity index (χ4v) is 2.72. The van der Waals surface area contributed by atoms with E-state index in [0.717, 1.165) is 5.56 Å². The number of pyridine rings is 1. The van der Waals surface area contributed by atoms with Gasteiger partial charge in [-0.25, -0.2) is 19.0 Å². The van der Waals surface area contributed by atoms with Crippen molar-refractivity contribution in [1.29, 1.82) is 0 Å². The molecule has 6 nitrogen and oxygen atoms in total. The molecule has 0 bridgehead atoms. The zero-order valence-corrected chi connectivity index (χ0v) is 15.0. The molecule has 0 aliphatic heterocycles. The number of aromatic carboxylic acids is 1. The van der Waals surface area contributed by atoms with E-state index in [-0.39, 0.29) is 18.0 Å². The lowest BCUT2D eigenvalue weighted by Crippen LogP contribution is -2.14. The molecule has 0 spiro atoms. The Morgan fingerprint density at radius 1 is 1.14 bits per heavy atom. The number of hydrogen-bond donors (Lipinski definition) is 2. The van der Waals surface area contributed by atoms with Gasteiger partial charge in [0, 0.05) is 6.20 Å². The van der Waals surface area contributed by atoms with Crippen molar-refractivity contribution in [1.82, 2.24) is 4.98 Å². The number of carboxylic acid groups (broad SMARTS) is 1. The number of aromatic nitrogens is 1. The Labute approximate surface area is 160 Å². The molecule has 1 amide bonds. The summed E-state index contributed by atoms with van der Waals surface area (Å²) in [6.45, 7) is 1.68. The highest BCUT2D eigenvalue weighted by Crippen LogP contribution is 2.28. The second-order valence-electron chi connectivity index (χ2n) is 6.02. The predicted octanol–water partition coefficient (Wildman–Crippen LogP) is 4.64. The monoisotopic (exact) mass is 380 g/mol. The summed E-state index contributed by atoms with van der Waals surface area (Å²) in [6.07, 6.45) is 0.584. The van der Waals surface area contributed by atoms with Crippen molar-refractivity contribution in [2.75, 3.05) is 5.32 Å². The fraction of sp³-hybridized carbons (Fsp3) is 0.0952. The van der Waals surface area contributed by atoms with Crippen LogP contribution in [0.15, 0.2) is 60.8 Å². The molecule has 1 heterocycles. The van der Waals surface area contributed by atoms with Gasteiger partial charge in [0.1, 0.15) is 12.4 Å². The van der Waals surface area contributed by atoms with Gasteiger partial charge in [0.15, 0.2) is 5.69 Å². The Kier molecular flexibility index (Phi) is 5.64. The summed E-state index contributed by atoms with van der Waals surface area (Å²) in [6, 6.07) is 14.9. The molecular formula is C21H17FN2O4. The van der Waals surface area contributed by atoms with Gasteiger partial charge in [-0.05, 0) is 47.4 Å². The Morgan fingerprint density at radius 3 is 2.57 bits per heavy atom. The Bertz CT molecular complexity index is 1020. The number of ether oxygens (including phenoxy) is 1. The topological polar surface area (TPSA) is 88.5 Å². The Hall–Kier alpha value is -3.74. The molecule has 0 atom stereocenters. The van der Waals surface area contributed by atoms with Crippen LogP contribution in [0.4, 0.5) is 14.9 Å². The molecular weight excluding hydrogens is 363 g/mol. The molecule has 2 N–H and O–H groups in total. The zero-order chi connectivity index (χ0) is 20.1. The lowest BCUT2D eigenvalue weighted by molar-refractivity contribution is 0.0689. The quantitative estimate of drug-likeness (QED) is 0.673. The average Bonchev–Trinajstić information content (AvgIpc) is 2.69. The molecule has 1 aromatic heterocycles. The predicted molar refractivity (Wildman–Crippen MR) is 102 cm³/mol. The Balaban J connectivity index is 1.73. The van der Waals surface area contributed by atoms with Crippen molar-refractivity contribution >= 4 is 17.7 Å². The number of benzene rings is 2. The number of nitrogens with zero attached hydrogens (tertiary/aromatic N) is 1. The second-order valence-corrected chi connectivity index (χ2v) is 6.02. The normalized spacial score (nSPS) is 10.4. The van der Waals surface area contributed by atoms with Gasteiger partial charge in [0.05, 0.1) is 5.69 Å². The number of hydrogen-bond acceptors (Lipinski definition) is 4. The molecule has 3 rings (SSSR count). The van der Waals surface area contributed by atoms with Gasteiger partial charge < -0.3 is 9.84 Å². The van der Waals surface area contributed by atoms with Gasteiger partial charge in [-0.15, -0.1) is 0 Å². The number of amides is 1. The molecule has 0 aliphatic carbocycles. The smallest absolute Gasteiger partial charge is 0.412 e. The number of nitrogens with one attached hydrogen (secondary N) is 1. The van der Waals surface area contributed by atoms with Crippen molar-refractivity contribution in [3.05, 3.63) is 83.4 Å². The van der Waals surface area contributed by atoms with Gasteiger partial charge in [-0.3, -0.25) is 5.32 Å². The number of halogens is 1. The molecule has 0 aliphatic rings. The summed E-state index contributed by atoms with van der Waals surface area (Å²) in [7, 11) is 0. The third-order valence-corrected chi connectivity index (χ3v) is 4.14. The SMILES string of the molecule is Cc1c(-c2ccc(NC(=O)OCc3ccccc3)c(F)c2)ccnc1C(=O)O. The summed E-state index contributed by atoms with van der Waals surface area (Å²) in [5, 5.41) is 11.5. The van der Waals surface area contributed by atoms with Gasteiger partial charge in [-0.1, -0.05) is 36.4 Å². The van der Waals surface area contributed by atoms with E-state index < -0.39 is 17.9 Å². The molecule has 7 heteroatoms. The second kappa shape index (κ2) is 8.30. The maximum atomic E-state index is 14.4. The molecule has 0 saturated carbocycles. The number of carboxylic acids is 1. The van der Waals surface area contributed by atoms with Crippen LogP contribution < -0.4 is 5.32 Å². The van der Waals surface area contributed by atoms with Crippen molar-refractivity contribution in [3.8, 4) is 11.1 Å². The molecule has 28 heavy (non-hydrogen) atoms. The maximum absolute atomic E-state index is 14.4. The van der Waals surface area contributed by atoms with Crippen LogP contribution in [0.1, 0.15) is 21.6 Å². The minimum Gasteiger partial charge on any atom is -0.477 e. The van der Waals surface area contributed by atoms with Crippen LogP contribution in [0.3, 0.4) is 0 Å². The van der Waals surface area contributed by atoms with Crippen LogP contribution in [0.2, 0.25) is 0 Å².